The number of nitrogens with one attached hydrogen (secondary N) is 2. The smallest absolute Gasteiger partial charge is 0.311 e. The minimum absolute atomic E-state index is 0.155. The third-order valence-corrected chi connectivity index (χ3v) is 3.84. The first-order valence-corrected chi connectivity index (χ1v) is 8.35. The summed E-state index contributed by atoms with van der Waals surface area (Å²) in [5.41, 5.74) is 5.21. The molecule has 0 aliphatic rings. The van der Waals surface area contributed by atoms with E-state index >= 15 is 0 Å². The number of hydrazone groups is 1. The first-order valence-electron chi connectivity index (χ1n) is 7.47. The van der Waals surface area contributed by atoms with Gasteiger partial charge in [-0.15, -0.1) is 21.5 Å². The molecule has 0 spiro atoms. The van der Waals surface area contributed by atoms with E-state index in [0.29, 0.717) is 23.3 Å². The predicted molar refractivity (Wildman–Crippen MR) is 93.3 cm³/mol. The monoisotopic (exact) mass is 357 g/mol. The Morgan fingerprint density at radius 2 is 2.40 bits per heavy atom. The number of H-pyrrole nitrogens is 1. The molecule has 0 atom stereocenters. The molecule has 9 nitrogen and oxygen atoms in total. The van der Waals surface area contributed by atoms with Crippen molar-refractivity contribution >= 4 is 28.7 Å². The number of ether oxygens (including phenoxy) is 1. The number of carbonyl (C=O) groups excluding carboxylic acids is 1. The molecule has 25 heavy (non-hydrogen) atoms. The normalized spacial score (nSPS) is 10.9. The Morgan fingerprint density at radius 1 is 1.48 bits per heavy atom. The van der Waals surface area contributed by atoms with Crippen LogP contribution in [0.2, 0.25) is 0 Å². The van der Waals surface area contributed by atoms with Gasteiger partial charge >= 0.3 is 5.97 Å². The number of aromatic nitrogens is 5. The molecule has 0 radical (unpaired) electrons. The maximum atomic E-state index is 11.4. The number of hydrogen-bond donors (Lipinski definition) is 2. The summed E-state index contributed by atoms with van der Waals surface area (Å²) in [7, 11) is 0. The van der Waals surface area contributed by atoms with Gasteiger partial charge in [0.15, 0.2) is 0 Å². The Kier molecular flexibility index (Phi) is 5.42. The van der Waals surface area contributed by atoms with Gasteiger partial charge in [-0.25, -0.2) is 4.98 Å². The molecule has 0 saturated carbocycles. The van der Waals surface area contributed by atoms with E-state index in [9.17, 15) is 4.79 Å². The molecule has 0 amide bonds. The van der Waals surface area contributed by atoms with Crippen LogP contribution in [-0.2, 0) is 16.0 Å². The third-order valence-electron chi connectivity index (χ3n) is 3.05. The molecule has 128 valence electrons. The van der Waals surface area contributed by atoms with Gasteiger partial charge in [-0.05, 0) is 23.8 Å². The van der Waals surface area contributed by atoms with E-state index in [1.54, 1.807) is 18.5 Å². The van der Waals surface area contributed by atoms with Gasteiger partial charge in [-0.1, -0.05) is 18.2 Å². The highest BCUT2D eigenvalue weighted by molar-refractivity contribution is 7.13. The number of hydrogen-bond acceptors (Lipinski definition) is 9. The van der Waals surface area contributed by atoms with E-state index in [4.69, 9.17) is 4.74 Å². The molecule has 0 aliphatic carbocycles. The number of esters is 1. The highest BCUT2D eigenvalue weighted by Gasteiger charge is 2.08. The van der Waals surface area contributed by atoms with Crippen LogP contribution in [0.25, 0.3) is 11.4 Å². The van der Waals surface area contributed by atoms with Crippen LogP contribution in [0.1, 0.15) is 18.2 Å². The second-order valence-electron chi connectivity index (χ2n) is 4.86. The average molecular weight is 357 g/mol. The van der Waals surface area contributed by atoms with Crippen LogP contribution in [0.3, 0.4) is 0 Å². The lowest BCUT2D eigenvalue weighted by Crippen LogP contribution is -2.07. The molecule has 0 bridgehead atoms. The average Bonchev–Trinajstić information content (AvgIpc) is 3.27. The summed E-state index contributed by atoms with van der Waals surface area (Å²) < 4.78 is 4.89. The zero-order valence-electron chi connectivity index (χ0n) is 13.3. The van der Waals surface area contributed by atoms with Crippen molar-refractivity contribution < 1.29 is 9.53 Å². The molecule has 0 fully saturated rings. The van der Waals surface area contributed by atoms with Crippen molar-refractivity contribution in [3.63, 3.8) is 0 Å². The predicted octanol–water partition coefficient (Wildman–Crippen LogP) is 1.87. The Labute approximate surface area is 147 Å². The van der Waals surface area contributed by atoms with Crippen molar-refractivity contribution in [1.82, 2.24) is 25.6 Å². The maximum Gasteiger partial charge on any atom is 0.311 e. The van der Waals surface area contributed by atoms with Crippen LogP contribution in [0, 0.1) is 0 Å². The molecule has 10 heteroatoms. The number of aromatic amines is 1. The standard InChI is InChI=1S/C15H15N7O2S/c1-2-24-13(23)7-12-9-25-15(17-12)20-16-8-10-4-3-5-11(6-10)14-18-21-22-19-14/h3-6,8-9H,2,7H2,1H3,(H,17,20)(H,18,19,21,22). The zero-order chi connectivity index (χ0) is 17.5. The molecule has 2 heterocycles. The Bertz CT molecular complexity index is 860. The van der Waals surface area contributed by atoms with Gasteiger partial charge in [0.05, 0.1) is 24.9 Å². The van der Waals surface area contributed by atoms with Crippen LogP contribution in [-0.4, -0.2) is 44.4 Å². The molecular formula is C15H15N7O2S. The van der Waals surface area contributed by atoms with E-state index < -0.39 is 0 Å². The lowest BCUT2D eigenvalue weighted by molar-refractivity contribution is -0.142. The van der Waals surface area contributed by atoms with E-state index in [2.05, 4.69) is 36.1 Å². The van der Waals surface area contributed by atoms with Crippen LogP contribution < -0.4 is 5.43 Å². The summed E-state index contributed by atoms with van der Waals surface area (Å²) in [5, 5.41) is 20.4. The van der Waals surface area contributed by atoms with Gasteiger partial charge in [0.1, 0.15) is 0 Å². The molecule has 3 aromatic rings. The number of benzene rings is 1. The van der Waals surface area contributed by atoms with E-state index in [1.807, 2.05) is 24.3 Å². The molecule has 1 aromatic carbocycles. The van der Waals surface area contributed by atoms with Gasteiger partial charge in [0.2, 0.25) is 11.0 Å². The summed E-state index contributed by atoms with van der Waals surface area (Å²) in [6.45, 7) is 2.13. The molecule has 2 N–H and O–H groups in total. The van der Waals surface area contributed by atoms with Crippen molar-refractivity contribution in [3.8, 4) is 11.4 Å². The fourth-order valence-electron chi connectivity index (χ4n) is 2.00. The molecular weight excluding hydrogens is 342 g/mol. The Balaban J connectivity index is 1.59. The van der Waals surface area contributed by atoms with Crippen molar-refractivity contribution in [3.05, 3.63) is 40.9 Å². The molecule has 0 unspecified atom stereocenters. The minimum atomic E-state index is -0.291. The van der Waals surface area contributed by atoms with Crippen molar-refractivity contribution in [1.29, 1.82) is 0 Å². The zero-order valence-corrected chi connectivity index (χ0v) is 14.2. The van der Waals surface area contributed by atoms with Crippen LogP contribution in [0.4, 0.5) is 5.13 Å². The number of anilines is 1. The van der Waals surface area contributed by atoms with Crippen LogP contribution in [0.5, 0.6) is 0 Å². The lowest BCUT2D eigenvalue weighted by Gasteiger charge is -1.98. The topological polar surface area (TPSA) is 118 Å². The van der Waals surface area contributed by atoms with Gasteiger partial charge in [0, 0.05) is 10.9 Å². The maximum absolute atomic E-state index is 11.4. The number of thiazole rings is 1. The first-order chi connectivity index (χ1) is 12.2. The highest BCUT2D eigenvalue weighted by atomic mass is 32.1. The van der Waals surface area contributed by atoms with Gasteiger partial charge < -0.3 is 4.74 Å². The van der Waals surface area contributed by atoms with E-state index in [-0.39, 0.29) is 12.4 Å². The van der Waals surface area contributed by atoms with Crippen LogP contribution >= 0.6 is 11.3 Å². The van der Waals surface area contributed by atoms with Gasteiger partial charge in [0.25, 0.3) is 0 Å². The number of rotatable bonds is 7. The SMILES string of the molecule is CCOC(=O)Cc1csc(NN=Cc2cccc(-c3nn[nH]n3)c2)n1. The molecule has 3 rings (SSSR count). The summed E-state index contributed by atoms with van der Waals surface area (Å²) in [4.78, 5) is 15.7. The van der Waals surface area contributed by atoms with Crippen molar-refractivity contribution in [2.75, 3.05) is 12.0 Å². The fraction of sp³-hybridized carbons (Fsp3) is 0.200. The Morgan fingerprint density at radius 3 is 3.20 bits per heavy atom. The second-order valence-corrected chi connectivity index (χ2v) is 5.71. The largest absolute Gasteiger partial charge is 0.466 e. The van der Waals surface area contributed by atoms with E-state index in [1.165, 1.54) is 11.3 Å². The lowest BCUT2D eigenvalue weighted by atomic mass is 10.1. The fourth-order valence-corrected chi connectivity index (χ4v) is 2.66. The first kappa shape index (κ1) is 16.7. The molecule has 0 saturated heterocycles. The summed E-state index contributed by atoms with van der Waals surface area (Å²) >= 11 is 1.37. The van der Waals surface area contributed by atoms with Gasteiger partial charge in [-0.3, -0.25) is 10.2 Å². The minimum Gasteiger partial charge on any atom is -0.466 e. The summed E-state index contributed by atoms with van der Waals surface area (Å²) in [6, 6.07) is 7.57. The molecule has 0 aliphatic heterocycles. The van der Waals surface area contributed by atoms with Gasteiger partial charge in [-0.2, -0.15) is 10.3 Å². The molecule has 2 aromatic heterocycles. The van der Waals surface area contributed by atoms with Crippen molar-refractivity contribution in [2.45, 2.75) is 13.3 Å². The number of nitrogens with zero attached hydrogens (tertiary/aromatic N) is 5. The summed E-state index contributed by atoms with van der Waals surface area (Å²) in [5.74, 6) is 0.230. The Hall–Kier alpha value is -3.14. The number of carbonyl (C=O) groups is 1. The quantitative estimate of drug-likeness (QED) is 0.376. The van der Waals surface area contributed by atoms with E-state index in [0.717, 1.165) is 11.1 Å². The van der Waals surface area contributed by atoms with Crippen molar-refractivity contribution in [2.24, 2.45) is 5.10 Å². The third kappa shape index (κ3) is 4.67. The summed E-state index contributed by atoms with van der Waals surface area (Å²) in [6.07, 6.45) is 1.82. The van der Waals surface area contributed by atoms with Crippen LogP contribution in [0.15, 0.2) is 34.7 Å². The second kappa shape index (κ2) is 8.11. The highest BCUT2D eigenvalue weighted by Crippen LogP contribution is 2.17. The number of tetrazole rings is 1.